The molecular weight excluding hydrogens is 313 g/mol. The molecule has 1 amide bonds. The quantitative estimate of drug-likeness (QED) is 0.863. The van der Waals surface area contributed by atoms with Gasteiger partial charge >= 0.3 is 10.5 Å². The van der Waals surface area contributed by atoms with E-state index in [4.69, 9.17) is 0 Å². The lowest BCUT2D eigenvalue weighted by Crippen LogP contribution is -2.15. The number of carbonyl (C=O) groups is 1. The minimum atomic E-state index is -5.07. The molecule has 0 saturated heterocycles. The zero-order valence-electron chi connectivity index (χ0n) is 11.7. The number of aryl methyl sites for hydroxylation is 2. The van der Waals surface area contributed by atoms with E-state index < -0.39 is 16.4 Å². The van der Waals surface area contributed by atoms with Crippen LogP contribution >= 0.6 is 0 Å². The summed E-state index contributed by atoms with van der Waals surface area (Å²) >= 11 is 0. The largest absolute Gasteiger partial charge is 0.488 e. The Balaban J connectivity index is 2.12. The van der Waals surface area contributed by atoms with Crippen molar-refractivity contribution in [3.05, 3.63) is 47.5 Å². The van der Waals surface area contributed by atoms with Gasteiger partial charge in [0.2, 0.25) is 0 Å². The summed E-state index contributed by atoms with van der Waals surface area (Å²) in [4.78, 5) is 20.1. The summed E-state index contributed by atoms with van der Waals surface area (Å²) in [7, 11) is -5.07. The fraction of sp³-hybridized carbons (Fsp3) is 0.154. The van der Waals surface area contributed by atoms with Crippen molar-refractivity contribution in [3.8, 4) is 5.75 Å². The topological polar surface area (TPSA) is 98.2 Å². The molecule has 1 aromatic heterocycles. The van der Waals surface area contributed by atoms with Crippen LogP contribution in [0.1, 0.15) is 21.9 Å². The Morgan fingerprint density at radius 2 is 1.86 bits per heavy atom. The lowest BCUT2D eigenvalue weighted by Gasteiger charge is -2.08. The van der Waals surface area contributed by atoms with Gasteiger partial charge in [0, 0.05) is 11.9 Å². The molecule has 1 N–H and O–H groups in total. The smallest absolute Gasteiger partial charge is 0.358 e. The van der Waals surface area contributed by atoms with E-state index in [0.29, 0.717) is 22.8 Å². The van der Waals surface area contributed by atoms with Crippen molar-refractivity contribution in [2.75, 3.05) is 5.32 Å². The van der Waals surface area contributed by atoms with E-state index in [9.17, 15) is 17.1 Å². The molecule has 7 nitrogen and oxygen atoms in total. The Bertz CT molecular complexity index is 807. The maximum absolute atomic E-state index is 12.4. The van der Waals surface area contributed by atoms with E-state index in [2.05, 4.69) is 19.5 Å². The van der Waals surface area contributed by atoms with Crippen molar-refractivity contribution in [1.82, 2.24) is 9.97 Å². The molecule has 116 valence electrons. The number of nitrogens with one attached hydrogen (secondary N) is 1. The van der Waals surface area contributed by atoms with Gasteiger partial charge in [0.25, 0.3) is 5.91 Å². The van der Waals surface area contributed by atoms with Gasteiger partial charge in [-0.15, -0.1) is 0 Å². The average Bonchev–Trinajstić information content (AvgIpc) is 2.39. The fourth-order valence-corrected chi connectivity index (χ4v) is 2.05. The molecule has 2 rings (SSSR count). The second kappa shape index (κ2) is 6.06. The zero-order chi connectivity index (χ0) is 16.3. The normalized spacial score (nSPS) is 11.0. The van der Waals surface area contributed by atoms with E-state index >= 15 is 0 Å². The molecule has 0 fully saturated rings. The number of aromatic nitrogens is 2. The molecule has 9 heteroatoms. The molecule has 0 atom stereocenters. The fourth-order valence-electron chi connectivity index (χ4n) is 1.71. The Labute approximate surface area is 126 Å². The Morgan fingerprint density at radius 1 is 1.23 bits per heavy atom. The minimum Gasteiger partial charge on any atom is -0.358 e. The van der Waals surface area contributed by atoms with Crippen LogP contribution in [0.25, 0.3) is 0 Å². The molecule has 22 heavy (non-hydrogen) atoms. The maximum Gasteiger partial charge on any atom is 0.488 e. The minimum absolute atomic E-state index is 0.199. The van der Waals surface area contributed by atoms with Gasteiger partial charge in [-0.3, -0.25) is 4.79 Å². The predicted molar refractivity (Wildman–Crippen MR) is 76.6 cm³/mol. The highest BCUT2D eigenvalue weighted by Gasteiger charge is 2.12. The second-order valence-electron chi connectivity index (χ2n) is 4.37. The van der Waals surface area contributed by atoms with Crippen LogP contribution in [0.4, 0.5) is 9.57 Å². The number of hydrogen-bond donors (Lipinski definition) is 1. The number of rotatable bonds is 4. The van der Waals surface area contributed by atoms with Gasteiger partial charge in [0.05, 0.1) is 11.3 Å². The van der Waals surface area contributed by atoms with Crippen molar-refractivity contribution in [1.29, 1.82) is 0 Å². The molecule has 0 aliphatic heterocycles. The predicted octanol–water partition coefficient (Wildman–Crippen LogP) is 1.94. The average molecular weight is 325 g/mol. The number of anilines is 1. The van der Waals surface area contributed by atoms with Gasteiger partial charge in [-0.1, -0.05) is 3.89 Å². The van der Waals surface area contributed by atoms with Crippen LogP contribution in [0.15, 0.2) is 30.5 Å². The molecule has 1 aromatic carbocycles. The second-order valence-corrected chi connectivity index (χ2v) is 5.32. The van der Waals surface area contributed by atoms with Crippen molar-refractivity contribution < 1.29 is 21.3 Å². The third kappa shape index (κ3) is 4.22. The number of halogens is 1. The third-order valence-corrected chi connectivity index (χ3v) is 3.04. The van der Waals surface area contributed by atoms with E-state index in [-0.39, 0.29) is 5.75 Å². The molecule has 0 bridgehead atoms. The van der Waals surface area contributed by atoms with E-state index in [1.54, 1.807) is 13.8 Å². The number of benzene rings is 1. The summed E-state index contributed by atoms with van der Waals surface area (Å²) in [6, 6.07) is 5.18. The van der Waals surface area contributed by atoms with Crippen LogP contribution in [0, 0.1) is 13.8 Å². The van der Waals surface area contributed by atoms with Crippen LogP contribution in [0.3, 0.4) is 0 Å². The van der Waals surface area contributed by atoms with Crippen LogP contribution in [0.5, 0.6) is 5.75 Å². The molecule has 0 unspecified atom stereocenters. The molecule has 0 saturated carbocycles. The summed E-state index contributed by atoms with van der Waals surface area (Å²) in [5.74, 6) is -0.0531. The van der Waals surface area contributed by atoms with Gasteiger partial charge in [0.1, 0.15) is 11.6 Å². The van der Waals surface area contributed by atoms with Gasteiger partial charge in [-0.2, -0.15) is 8.42 Å². The van der Waals surface area contributed by atoms with Crippen LogP contribution < -0.4 is 9.50 Å². The van der Waals surface area contributed by atoms with Crippen molar-refractivity contribution in [2.24, 2.45) is 0 Å². The Kier molecular flexibility index (Phi) is 4.36. The highest BCUT2D eigenvalue weighted by atomic mass is 32.3. The molecule has 2 aromatic rings. The van der Waals surface area contributed by atoms with E-state index in [0.717, 1.165) is 0 Å². The lowest BCUT2D eigenvalue weighted by molar-refractivity contribution is 0.102. The standard InChI is InChI=1S/C13H12FN3O4S/c1-8-12(7-15-9(2)16-8)13(18)17-10-3-5-11(6-4-10)21-22(14,19)20/h3-7H,1-2H3,(H,17,18). The number of hydrogen-bond acceptors (Lipinski definition) is 6. The molecule has 0 aliphatic carbocycles. The number of amides is 1. The van der Waals surface area contributed by atoms with Gasteiger partial charge < -0.3 is 9.50 Å². The van der Waals surface area contributed by atoms with E-state index in [1.807, 2.05) is 0 Å². The monoisotopic (exact) mass is 325 g/mol. The SMILES string of the molecule is Cc1ncc(C(=O)Nc2ccc(OS(=O)(=O)F)cc2)c(C)n1. The Morgan fingerprint density at radius 3 is 2.41 bits per heavy atom. The first-order valence-corrected chi connectivity index (χ1v) is 7.41. The molecule has 1 heterocycles. The first-order chi connectivity index (χ1) is 10.2. The van der Waals surface area contributed by atoms with Crippen LogP contribution in [-0.4, -0.2) is 24.3 Å². The summed E-state index contributed by atoms with van der Waals surface area (Å²) in [6.07, 6.45) is 1.42. The van der Waals surface area contributed by atoms with Crippen LogP contribution in [0.2, 0.25) is 0 Å². The van der Waals surface area contributed by atoms with Gasteiger partial charge in [0.15, 0.2) is 0 Å². The molecule has 0 spiro atoms. The summed E-state index contributed by atoms with van der Waals surface area (Å²) in [5, 5.41) is 2.59. The first-order valence-electron chi connectivity index (χ1n) is 6.10. The van der Waals surface area contributed by atoms with Crippen LogP contribution in [-0.2, 0) is 10.5 Å². The third-order valence-electron chi connectivity index (χ3n) is 2.65. The molecule has 0 aliphatic rings. The van der Waals surface area contributed by atoms with Gasteiger partial charge in [-0.25, -0.2) is 9.97 Å². The zero-order valence-corrected chi connectivity index (χ0v) is 12.5. The Hall–Kier alpha value is -2.55. The highest BCUT2D eigenvalue weighted by Crippen LogP contribution is 2.18. The van der Waals surface area contributed by atoms with Crippen molar-refractivity contribution >= 4 is 22.1 Å². The van der Waals surface area contributed by atoms with Gasteiger partial charge in [-0.05, 0) is 38.1 Å². The molecule has 0 radical (unpaired) electrons. The maximum atomic E-state index is 12.4. The summed E-state index contributed by atoms with van der Waals surface area (Å²) < 4.78 is 37.1. The summed E-state index contributed by atoms with van der Waals surface area (Å²) in [6.45, 7) is 3.40. The number of carbonyl (C=O) groups excluding carboxylic acids is 1. The van der Waals surface area contributed by atoms with E-state index in [1.165, 1.54) is 30.5 Å². The number of nitrogens with zero attached hydrogens (tertiary/aromatic N) is 2. The molecular formula is C13H12FN3O4S. The summed E-state index contributed by atoms with van der Waals surface area (Å²) in [5.41, 5.74) is 1.24. The van der Waals surface area contributed by atoms with Crippen molar-refractivity contribution in [3.63, 3.8) is 0 Å². The first kappa shape index (κ1) is 15.8. The highest BCUT2D eigenvalue weighted by molar-refractivity contribution is 7.81. The van der Waals surface area contributed by atoms with Crippen molar-refractivity contribution in [2.45, 2.75) is 13.8 Å². The lowest BCUT2D eigenvalue weighted by atomic mass is 10.2.